The molecule has 0 bridgehead atoms. The Morgan fingerprint density at radius 2 is 1.96 bits per heavy atom. The van der Waals surface area contributed by atoms with Crippen molar-refractivity contribution in [1.82, 2.24) is 9.88 Å². The SMILES string of the molecule is COCCCNc1ccc(C(=O)N(Cc2ccccc2)C(C)C)cn1. The molecule has 1 aromatic carbocycles. The van der Waals surface area contributed by atoms with E-state index in [0.717, 1.165) is 24.3 Å². The number of ether oxygens (including phenoxy) is 1. The number of amides is 1. The molecule has 0 saturated heterocycles. The normalized spacial score (nSPS) is 10.7. The van der Waals surface area contributed by atoms with Crippen LogP contribution in [0.4, 0.5) is 5.82 Å². The van der Waals surface area contributed by atoms with E-state index in [9.17, 15) is 4.79 Å². The zero-order valence-electron chi connectivity index (χ0n) is 15.2. The minimum absolute atomic E-state index is 0.00251. The highest BCUT2D eigenvalue weighted by atomic mass is 16.5. The van der Waals surface area contributed by atoms with Crippen molar-refractivity contribution >= 4 is 11.7 Å². The maximum Gasteiger partial charge on any atom is 0.255 e. The molecule has 134 valence electrons. The van der Waals surface area contributed by atoms with Crippen molar-refractivity contribution in [2.75, 3.05) is 25.6 Å². The van der Waals surface area contributed by atoms with Crippen LogP contribution in [0.25, 0.3) is 0 Å². The maximum atomic E-state index is 12.9. The number of carbonyl (C=O) groups excluding carboxylic acids is 1. The summed E-state index contributed by atoms with van der Waals surface area (Å²) in [5.74, 6) is 0.768. The summed E-state index contributed by atoms with van der Waals surface area (Å²) in [6.07, 6.45) is 2.55. The summed E-state index contributed by atoms with van der Waals surface area (Å²) in [6.45, 7) is 6.15. The van der Waals surface area contributed by atoms with Gasteiger partial charge in [-0.2, -0.15) is 0 Å². The molecule has 25 heavy (non-hydrogen) atoms. The van der Waals surface area contributed by atoms with Crippen molar-refractivity contribution in [2.24, 2.45) is 0 Å². The molecule has 0 aliphatic carbocycles. The second-order valence-corrected chi connectivity index (χ2v) is 6.22. The van der Waals surface area contributed by atoms with Crippen LogP contribution in [0.2, 0.25) is 0 Å². The maximum absolute atomic E-state index is 12.9. The van der Waals surface area contributed by atoms with Crippen LogP contribution in [0.15, 0.2) is 48.7 Å². The van der Waals surface area contributed by atoms with Crippen molar-refractivity contribution < 1.29 is 9.53 Å². The lowest BCUT2D eigenvalue weighted by Crippen LogP contribution is -2.36. The molecule has 2 rings (SSSR count). The molecule has 0 spiro atoms. The minimum Gasteiger partial charge on any atom is -0.385 e. The van der Waals surface area contributed by atoms with Gasteiger partial charge in [0.15, 0.2) is 0 Å². The molecule has 0 atom stereocenters. The van der Waals surface area contributed by atoms with Crippen LogP contribution in [-0.2, 0) is 11.3 Å². The fourth-order valence-corrected chi connectivity index (χ4v) is 2.49. The second kappa shape index (κ2) is 9.79. The highest BCUT2D eigenvalue weighted by Gasteiger charge is 2.19. The van der Waals surface area contributed by atoms with Gasteiger partial charge in [-0.3, -0.25) is 4.79 Å². The minimum atomic E-state index is -0.00251. The van der Waals surface area contributed by atoms with E-state index >= 15 is 0 Å². The fourth-order valence-electron chi connectivity index (χ4n) is 2.49. The van der Waals surface area contributed by atoms with Gasteiger partial charge in [0.1, 0.15) is 5.82 Å². The Bertz CT molecular complexity index is 642. The number of pyridine rings is 1. The highest BCUT2D eigenvalue weighted by molar-refractivity contribution is 5.94. The van der Waals surface area contributed by atoms with Gasteiger partial charge in [-0.15, -0.1) is 0 Å². The molecule has 1 N–H and O–H groups in total. The third-order valence-electron chi connectivity index (χ3n) is 3.92. The molecular weight excluding hydrogens is 314 g/mol. The van der Waals surface area contributed by atoms with Crippen LogP contribution < -0.4 is 5.32 Å². The Kier molecular flexibility index (Phi) is 7.41. The van der Waals surface area contributed by atoms with Crippen molar-refractivity contribution in [3.8, 4) is 0 Å². The van der Waals surface area contributed by atoms with Gasteiger partial charge in [-0.1, -0.05) is 30.3 Å². The number of rotatable bonds is 9. The van der Waals surface area contributed by atoms with Crippen LogP contribution in [0.3, 0.4) is 0 Å². The van der Waals surface area contributed by atoms with Crippen LogP contribution in [0, 0.1) is 0 Å². The van der Waals surface area contributed by atoms with Crippen molar-refractivity contribution in [1.29, 1.82) is 0 Å². The summed E-state index contributed by atoms with van der Waals surface area (Å²) in [7, 11) is 1.69. The molecule has 1 amide bonds. The van der Waals surface area contributed by atoms with Crippen LogP contribution in [0.1, 0.15) is 36.2 Å². The summed E-state index contributed by atoms with van der Waals surface area (Å²) in [5.41, 5.74) is 1.72. The molecule has 0 radical (unpaired) electrons. The summed E-state index contributed by atoms with van der Waals surface area (Å²) in [6, 6.07) is 13.8. The third-order valence-corrected chi connectivity index (χ3v) is 3.92. The monoisotopic (exact) mass is 341 g/mol. The Hall–Kier alpha value is -2.40. The number of aromatic nitrogens is 1. The summed E-state index contributed by atoms with van der Waals surface area (Å²) >= 11 is 0. The Morgan fingerprint density at radius 3 is 2.56 bits per heavy atom. The van der Waals surface area contributed by atoms with E-state index in [1.165, 1.54) is 0 Å². The average Bonchev–Trinajstić information content (AvgIpc) is 2.64. The van der Waals surface area contributed by atoms with Crippen LogP contribution in [-0.4, -0.2) is 42.1 Å². The first kappa shape index (κ1) is 18.9. The van der Waals surface area contributed by atoms with E-state index in [-0.39, 0.29) is 11.9 Å². The zero-order chi connectivity index (χ0) is 18.1. The third kappa shape index (κ3) is 5.87. The molecule has 0 unspecified atom stereocenters. The van der Waals surface area contributed by atoms with Gasteiger partial charge in [0, 0.05) is 39.0 Å². The Morgan fingerprint density at radius 1 is 1.20 bits per heavy atom. The number of anilines is 1. The number of benzene rings is 1. The van der Waals surface area contributed by atoms with E-state index in [0.29, 0.717) is 18.7 Å². The number of methoxy groups -OCH3 is 1. The van der Waals surface area contributed by atoms with Gasteiger partial charge in [-0.05, 0) is 38.0 Å². The van der Waals surface area contributed by atoms with Crippen molar-refractivity contribution in [3.63, 3.8) is 0 Å². The number of nitrogens with zero attached hydrogens (tertiary/aromatic N) is 2. The van der Waals surface area contributed by atoms with Crippen molar-refractivity contribution in [2.45, 2.75) is 32.9 Å². The largest absolute Gasteiger partial charge is 0.385 e. The predicted molar refractivity (Wildman–Crippen MR) is 101 cm³/mol. The molecular formula is C20H27N3O2. The quantitative estimate of drug-likeness (QED) is 0.708. The first-order valence-electron chi connectivity index (χ1n) is 8.65. The Balaban J connectivity index is 2.01. The lowest BCUT2D eigenvalue weighted by Gasteiger charge is -2.27. The number of hydrogen-bond donors (Lipinski definition) is 1. The molecule has 0 fully saturated rings. The summed E-state index contributed by atoms with van der Waals surface area (Å²) in [5, 5.41) is 3.22. The standard InChI is InChI=1S/C20H27N3O2/c1-16(2)23(15-17-8-5-4-6-9-17)20(24)18-10-11-19(22-14-18)21-12-7-13-25-3/h4-6,8-11,14,16H,7,12-13,15H2,1-3H3,(H,21,22). The van der Waals surface area contributed by atoms with Crippen LogP contribution >= 0.6 is 0 Å². The van der Waals surface area contributed by atoms with Gasteiger partial charge >= 0.3 is 0 Å². The van der Waals surface area contributed by atoms with Gasteiger partial charge in [0.2, 0.25) is 0 Å². The molecule has 0 saturated carbocycles. The van der Waals surface area contributed by atoms with E-state index in [1.807, 2.05) is 61.2 Å². The summed E-state index contributed by atoms with van der Waals surface area (Å²) in [4.78, 5) is 19.1. The van der Waals surface area contributed by atoms with Crippen LogP contribution in [0.5, 0.6) is 0 Å². The molecule has 0 aliphatic heterocycles. The molecule has 1 heterocycles. The fraction of sp³-hybridized carbons (Fsp3) is 0.400. The number of nitrogens with one attached hydrogen (secondary N) is 1. The Labute approximate surface area is 150 Å². The first-order valence-corrected chi connectivity index (χ1v) is 8.65. The zero-order valence-corrected chi connectivity index (χ0v) is 15.2. The molecule has 5 nitrogen and oxygen atoms in total. The van der Waals surface area contributed by atoms with Gasteiger partial charge in [-0.25, -0.2) is 4.98 Å². The first-order chi connectivity index (χ1) is 12.1. The van der Waals surface area contributed by atoms with Gasteiger partial charge in [0.25, 0.3) is 5.91 Å². The van der Waals surface area contributed by atoms with E-state index in [1.54, 1.807) is 13.3 Å². The number of carbonyl (C=O) groups is 1. The average molecular weight is 341 g/mol. The number of hydrogen-bond acceptors (Lipinski definition) is 4. The smallest absolute Gasteiger partial charge is 0.255 e. The van der Waals surface area contributed by atoms with E-state index in [2.05, 4.69) is 10.3 Å². The van der Waals surface area contributed by atoms with Gasteiger partial charge < -0.3 is 15.0 Å². The van der Waals surface area contributed by atoms with Gasteiger partial charge in [0.05, 0.1) is 5.56 Å². The highest BCUT2D eigenvalue weighted by Crippen LogP contribution is 2.14. The molecule has 1 aromatic heterocycles. The molecule has 0 aliphatic rings. The molecule has 2 aromatic rings. The predicted octanol–water partition coefficient (Wildman–Crippen LogP) is 3.58. The second-order valence-electron chi connectivity index (χ2n) is 6.22. The molecule has 5 heteroatoms. The summed E-state index contributed by atoms with van der Waals surface area (Å²) < 4.78 is 5.02. The van der Waals surface area contributed by atoms with E-state index in [4.69, 9.17) is 4.74 Å². The lowest BCUT2D eigenvalue weighted by atomic mass is 10.1. The van der Waals surface area contributed by atoms with Crippen molar-refractivity contribution in [3.05, 3.63) is 59.8 Å². The topological polar surface area (TPSA) is 54.5 Å². The lowest BCUT2D eigenvalue weighted by molar-refractivity contribution is 0.0690. The van der Waals surface area contributed by atoms with E-state index < -0.39 is 0 Å².